The van der Waals surface area contributed by atoms with Gasteiger partial charge >= 0.3 is 16.5 Å². The Morgan fingerprint density at radius 2 is 2.14 bits per heavy atom. The van der Waals surface area contributed by atoms with E-state index >= 15 is 0 Å². The maximum Gasteiger partial charge on any atom is 0.419 e. The van der Waals surface area contributed by atoms with Gasteiger partial charge < -0.3 is 10.4 Å². The van der Waals surface area contributed by atoms with Gasteiger partial charge in [0.2, 0.25) is 0 Å². The zero-order valence-electron chi connectivity index (χ0n) is 18.2. The highest BCUT2D eigenvalue weighted by Crippen LogP contribution is 2.34. The molecule has 4 rings (SSSR count). The Balaban J connectivity index is 1.41. The molecule has 1 aliphatic carbocycles. The molecule has 10 nitrogen and oxygen atoms in total. The van der Waals surface area contributed by atoms with Crippen LogP contribution >= 0.6 is 11.3 Å². The molecule has 0 spiro atoms. The van der Waals surface area contributed by atoms with Gasteiger partial charge in [-0.3, -0.25) is 8.86 Å². The zero-order chi connectivity index (χ0) is 25.2. The van der Waals surface area contributed by atoms with Gasteiger partial charge in [0.25, 0.3) is 0 Å². The Labute approximate surface area is 203 Å². The predicted octanol–water partition coefficient (Wildman–Crippen LogP) is 2.68. The molecule has 0 aromatic carbocycles. The third kappa shape index (κ3) is 6.76. The molecule has 35 heavy (non-hydrogen) atoms. The van der Waals surface area contributed by atoms with Crippen LogP contribution in [0.15, 0.2) is 36.4 Å². The molecule has 15 heteroatoms. The van der Waals surface area contributed by atoms with Crippen LogP contribution in [0.5, 0.6) is 0 Å². The Morgan fingerprint density at radius 1 is 1.34 bits per heavy atom. The molecule has 1 aliphatic rings. The molecule has 3 aromatic heterocycles. The summed E-state index contributed by atoms with van der Waals surface area (Å²) in [5, 5.41) is 24.7. The van der Waals surface area contributed by atoms with E-state index in [4.69, 9.17) is 9.32 Å². The van der Waals surface area contributed by atoms with Gasteiger partial charge in [-0.15, -0.1) is 11.3 Å². The van der Waals surface area contributed by atoms with E-state index in [0.717, 1.165) is 25.2 Å². The van der Waals surface area contributed by atoms with Crippen LogP contribution in [0.25, 0.3) is 0 Å². The largest absolute Gasteiger partial charge is 0.419 e. The SMILES string of the molecule is NS(=O)(=O)OC[C@@H]1CC[C@H](Nc2ncncc2C(O)c2cc(Cn3cc(C(F)(F)F)cn3)cs2)C1. The summed E-state index contributed by atoms with van der Waals surface area (Å²) in [4.78, 5) is 8.84. The molecular formula is C20H23F3N6O4S2. The van der Waals surface area contributed by atoms with Crippen LogP contribution in [-0.4, -0.2) is 45.9 Å². The van der Waals surface area contributed by atoms with E-state index in [1.54, 1.807) is 11.4 Å². The quantitative estimate of drug-likeness (QED) is 0.381. The Hall–Kier alpha value is -2.59. The number of aliphatic hydroxyl groups is 1. The molecule has 0 radical (unpaired) electrons. The lowest BCUT2D eigenvalue weighted by Gasteiger charge is -2.18. The van der Waals surface area contributed by atoms with E-state index in [9.17, 15) is 26.7 Å². The summed E-state index contributed by atoms with van der Waals surface area (Å²) in [6, 6.07) is 1.70. The van der Waals surface area contributed by atoms with Gasteiger partial charge in [-0.05, 0) is 42.2 Å². The first-order valence-corrected chi connectivity index (χ1v) is 12.9. The normalized spacial score (nSPS) is 19.7. The number of thiophene rings is 1. The molecule has 3 aromatic rings. The molecule has 1 saturated carbocycles. The van der Waals surface area contributed by atoms with E-state index in [1.807, 2.05) is 0 Å². The number of aromatic nitrogens is 4. The second-order valence-electron chi connectivity index (χ2n) is 8.31. The van der Waals surface area contributed by atoms with Crippen LogP contribution in [-0.2, 0) is 27.2 Å². The third-order valence-electron chi connectivity index (χ3n) is 5.63. The molecule has 190 valence electrons. The van der Waals surface area contributed by atoms with Crippen LogP contribution in [0.3, 0.4) is 0 Å². The van der Waals surface area contributed by atoms with Crippen molar-refractivity contribution in [2.75, 3.05) is 11.9 Å². The molecule has 3 atom stereocenters. The van der Waals surface area contributed by atoms with Crippen molar-refractivity contribution in [1.29, 1.82) is 0 Å². The molecule has 3 heterocycles. The van der Waals surface area contributed by atoms with Crippen LogP contribution in [0.4, 0.5) is 19.0 Å². The number of halogens is 3. The number of rotatable bonds is 9. The van der Waals surface area contributed by atoms with Gasteiger partial charge in [0.1, 0.15) is 18.2 Å². The van der Waals surface area contributed by atoms with Gasteiger partial charge in [0.15, 0.2) is 0 Å². The van der Waals surface area contributed by atoms with E-state index in [0.29, 0.717) is 28.2 Å². The highest BCUT2D eigenvalue weighted by atomic mass is 32.2. The Bertz CT molecular complexity index is 1260. The van der Waals surface area contributed by atoms with Gasteiger partial charge in [-0.25, -0.2) is 15.1 Å². The van der Waals surface area contributed by atoms with Crippen LogP contribution in [0, 0.1) is 5.92 Å². The monoisotopic (exact) mass is 532 g/mol. The van der Waals surface area contributed by atoms with Crippen molar-refractivity contribution in [3.05, 3.63) is 57.9 Å². The van der Waals surface area contributed by atoms with E-state index in [-0.39, 0.29) is 25.1 Å². The molecule has 1 unspecified atom stereocenters. The van der Waals surface area contributed by atoms with Crippen molar-refractivity contribution in [3.8, 4) is 0 Å². The molecule has 0 amide bonds. The number of nitrogens with one attached hydrogen (secondary N) is 1. The van der Waals surface area contributed by atoms with E-state index in [2.05, 4.69) is 20.4 Å². The summed E-state index contributed by atoms with van der Waals surface area (Å²) in [6.07, 6.45) is 1.19. The van der Waals surface area contributed by atoms with E-state index < -0.39 is 28.1 Å². The zero-order valence-corrected chi connectivity index (χ0v) is 19.9. The maximum atomic E-state index is 12.8. The van der Waals surface area contributed by atoms with Crippen molar-refractivity contribution in [1.82, 2.24) is 19.7 Å². The first-order valence-electron chi connectivity index (χ1n) is 10.6. The summed E-state index contributed by atoms with van der Waals surface area (Å²) in [5.41, 5.74) is 0.319. The number of aliphatic hydroxyl groups excluding tert-OH is 1. The lowest BCUT2D eigenvalue weighted by atomic mass is 10.1. The lowest BCUT2D eigenvalue weighted by molar-refractivity contribution is -0.137. The fraction of sp³-hybridized carbons (Fsp3) is 0.450. The molecule has 0 aliphatic heterocycles. The first-order chi connectivity index (χ1) is 16.5. The standard InChI is InChI=1S/C20H23F3N6O4S2/c21-20(22,23)14-5-27-29(8-14)7-13-4-17(34-10-13)18(30)16-6-25-11-26-19(16)28-15-2-1-12(3-15)9-33-35(24,31)32/h4-6,8,10-12,15,18,30H,1-3,7,9H2,(H2,24,31,32)(H,25,26,28)/t12-,15+,18?/m1/s1. The average molecular weight is 533 g/mol. The fourth-order valence-corrected chi connectivity index (χ4v) is 5.25. The van der Waals surface area contributed by atoms with Crippen molar-refractivity contribution >= 4 is 27.5 Å². The topological polar surface area (TPSA) is 145 Å². The predicted molar refractivity (Wildman–Crippen MR) is 121 cm³/mol. The van der Waals surface area contributed by atoms with Crippen molar-refractivity contribution < 1.29 is 30.9 Å². The highest BCUT2D eigenvalue weighted by molar-refractivity contribution is 7.84. The van der Waals surface area contributed by atoms with Gasteiger partial charge in [0.05, 0.1) is 24.9 Å². The number of hydrogen-bond acceptors (Lipinski definition) is 9. The number of anilines is 1. The summed E-state index contributed by atoms with van der Waals surface area (Å²) in [6.45, 7) is 0.134. The minimum absolute atomic E-state index is 0.00790. The number of nitrogens with two attached hydrogens (primary N) is 1. The van der Waals surface area contributed by atoms with Crippen molar-refractivity contribution in [2.24, 2.45) is 11.1 Å². The fourth-order valence-electron chi connectivity index (χ4n) is 3.96. The molecule has 0 bridgehead atoms. The summed E-state index contributed by atoms with van der Waals surface area (Å²) in [7, 11) is -3.99. The number of nitrogens with zero attached hydrogens (tertiary/aromatic N) is 4. The lowest BCUT2D eigenvalue weighted by Crippen LogP contribution is -2.22. The smallest absolute Gasteiger partial charge is 0.383 e. The number of alkyl halides is 3. The number of hydrogen-bond donors (Lipinski definition) is 3. The van der Waals surface area contributed by atoms with Gasteiger partial charge in [0, 0.05) is 28.9 Å². The molecule has 0 saturated heterocycles. The Morgan fingerprint density at radius 3 is 2.86 bits per heavy atom. The molecule has 1 fully saturated rings. The van der Waals surface area contributed by atoms with Crippen LogP contribution in [0.1, 0.15) is 46.9 Å². The third-order valence-corrected chi connectivity index (χ3v) is 7.13. The minimum atomic E-state index is -4.46. The van der Waals surface area contributed by atoms with Crippen LogP contribution in [0.2, 0.25) is 0 Å². The van der Waals surface area contributed by atoms with Crippen molar-refractivity contribution in [3.63, 3.8) is 0 Å². The second-order valence-corrected chi connectivity index (χ2v) is 10.5. The maximum absolute atomic E-state index is 12.8. The van der Waals surface area contributed by atoms with Gasteiger partial charge in [-0.1, -0.05) is 0 Å². The Kier molecular flexibility index (Phi) is 7.42. The minimum Gasteiger partial charge on any atom is -0.383 e. The highest BCUT2D eigenvalue weighted by Gasteiger charge is 2.32. The van der Waals surface area contributed by atoms with Crippen LogP contribution < -0.4 is 10.5 Å². The molecule has 4 N–H and O–H groups in total. The first kappa shape index (κ1) is 25.5. The second kappa shape index (κ2) is 10.2. The summed E-state index contributed by atoms with van der Waals surface area (Å²) >= 11 is 1.26. The van der Waals surface area contributed by atoms with Gasteiger partial charge in [-0.2, -0.15) is 26.7 Å². The summed E-state index contributed by atoms with van der Waals surface area (Å²) < 4.78 is 66.3. The van der Waals surface area contributed by atoms with E-state index in [1.165, 1.54) is 28.5 Å². The summed E-state index contributed by atoms with van der Waals surface area (Å²) in [5.74, 6) is 0.461. The molecular weight excluding hydrogens is 509 g/mol. The van der Waals surface area contributed by atoms with Crippen molar-refractivity contribution in [2.45, 2.75) is 44.1 Å². The average Bonchev–Trinajstić information content (AvgIpc) is 3.53.